The largest absolute Gasteiger partial charge is 0.507 e. The molecule has 0 aliphatic carbocycles. The van der Waals surface area contributed by atoms with Crippen molar-refractivity contribution in [2.75, 3.05) is 22.9 Å². The summed E-state index contributed by atoms with van der Waals surface area (Å²) in [7, 11) is 0. The van der Waals surface area contributed by atoms with E-state index < -0.39 is 0 Å². The monoisotopic (exact) mass is 404 g/mol. The molecule has 3 aromatic rings. The minimum Gasteiger partial charge on any atom is -0.507 e. The van der Waals surface area contributed by atoms with Gasteiger partial charge in [0, 0.05) is 55.1 Å². The van der Waals surface area contributed by atoms with Gasteiger partial charge in [0.1, 0.15) is 11.5 Å². The van der Waals surface area contributed by atoms with Crippen LogP contribution in [0.25, 0.3) is 0 Å². The second-order valence-corrected chi connectivity index (χ2v) is 7.77. The van der Waals surface area contributed by atoms with Crippen LogP contribution >= 0.6 is 0 Å². The van der Waals surface area contributed by atoms with Gasteiger partial charge >= 0.3 is 0 Å². The Morgan fingerprint density at radius 3 is 1.53 bits per heavy atom. The lowest BCUT2D eigenvalue weighted by atomic mass is 9.95. The highest BCUT2D eigenvalue weighted by atomic mass is 16.3. The number of aromatic nitrogens is 4. The van der Waals surface area contributed by atoms with Crippen molar-refractivity contribution in [1.29, 1.82) is 0 Å². The lowest BCUT2D eigenvalue weighted by Gasteiger charge is -2.29. The van der Waals surface area contributed by atoms with Crippen LogP contribution in [-0.4, -0.2) is 43.2 Å². The molecule has 0 spiro atoms. The van der Waals surface area contributed by atoms with Gasteiger partial charge in [-0.3, -0.25) is 0 Å². The van der Waals surface area contributed by atoms with Crippen molar-refractivity contribution < 1.29 is 10.2 Å². The molecule has 2 N–H and O–H groups in total. The number of phenolic OH excluding ortho intramolecular Hbond substituents is 2. The average Bonchev–Trinajstić information content (AvgIpc) is 3.45. The number of hydrogen-bond acceptors (Lipinski definition) is 8. The number of hydrogen-bond donors (Lipinski definition) is 2. The number of benzene rings is 1. The van der Waals surface area contributed by atoms with E-state index in [1.807, 2.05) is 6.07 Å². The fourth-order valence-corrected chi connectivity index (χ4v) is 4.68. The zero-order valence-corrected chi connectivity index (χ0v) is 16.6. The van der Waals surface area contributed by atoms with E-state index in [0.717, 1.165) is 49.9 Å². The highest BCUT2D eigenvalue weighted by Crippen LogP contribution is 2.45. The normalized spacial score (nSPS) is 21.3. The molecule has 2 atom stereocenters. The van der Waals surface area contributed by atoms with Crippen LogP contribution in [0.1, 0.15) is 48.9 Å². The summed E-state index contributed by atoms with van der Waals surface area (Å²) in [6, 6.07) is 6.94. The van der Waals surface area contributed by atoms with Crippen molar-refractivity contribution >= 4 is 11.9 Å². The van der Waals surface area contributed by atoms with Crippen LogP contribution < -0.4 is 9.80 Å². The Labute approximate surface area is 174 Å². The Balaban J connectivity index is 1.52. The third-order valence-electron chi connectivity index (χ3n) is 6.02. The van der Waals surface area contributed by atoms with Gasteiger partial charge in [-0.2, -0.15) is 0 Å². The molecule has 2 unspecified atom stereocenters. The molecule has 0 saturated carbocycles. The topological polar surface area (TPSA) is 98.5 Å². The Bertz CT molecular complexity index is 938. The van der Waals surface area contributed by atoms with Crippen molar-refractivity contribution in [2.24, 2.45) is 0 Å². The predicted molar refractivity (Wildman–Crippen MR) is 112 cm³/mol. The van der Waals surface area contributed by atoms with Gasteiger partial charge in [0.15, 0.2) is 0 Å². The predicted octanol–water partition coefficient (Wildman–Crippen LogP) is 3.36. The van der Waals surface area contributed by atoms with E-state index in [-0.39, 0.29) is 23.6 Å². The minimum absolute atomic E-state index is 0.0328. The van der Waals surface area contributed by atoms with Gasteiger partial charge in [-0.25, -0.2) is 19.9 Å². The summed E-state index contributed by atoms with van der Waals surface area (Å²) in [6.07, 6.45) is 10.7. The van der Waals surface area contributed by atoms with Crippen LogP contribution in [0, 0.1) is 0 Å². The van der Waals surface area contributed by atoms with Gasteiger partial charge in [-0.1, -0.05) is 0 Å². The SMILES string of the molecule is Oc1cc(O)c(C2CCCN2c2ncccn2)cc1C1CCCN1c1ncccn1. The van der Waals surface area contributed by atoms with Gasteiger partial charge in [0.2, 0.25) is 11.9 Å². The zero-order valence-electron chi connectivity index (χ0n) is 16.6. The second kappa shape index (κ2) is 7.78. The first-order valence-electron chi connectivity index (χ1n) is 10.4. The molecular weight excluding hydrogens is 380 g/mol. The summed E-state index contributed by atoms with van der Waals surface area (Å²) in [4.78, 5) is 21.8. The highest BCUT2D eigenvalue weighted by Gasteiger charge is 2.34. The van der Waals surface area contributed by atoms with Gasteiger partial charge in [-0.05, 0) is 43.9 Å². The van der Waals surface area contributed by atoms with Gasteiger partial charge < -0.3 is 20.0 Å². The summed E-state index contributed by atoms with van der Waals surface area (Å²) in [5.41, 5.74) is 1.60. The molecule has 30 heavy (non-hydrogen) atoms. The van der Waals surface area contributed by atoms with Crippen LogP contribution in [0.4, 0.5) is 11.9 Å². The maximum absolute atomic E-state index is 10.7. The number of aromatic hydroxyl groups is 2. The van der Waals surface area contributed by atoms with Gasteiger partial charge in [-0.15, -0.1) is 0 Å². The van der Waals surface area contributed by atoms with Crippen molar-refractivity contribution in [2.45, 2.75) is 37.8 Å². The van der Waals surface area contributed by atoms with Crippen LogP contribution in [-0.2, 0) is 0 Å². The lowest BCUT2D eigenvalue weighted by molar-refractivity contribution is 0.433. The number of nitrogens with zero attached hydrogens (tertiary/aromatic N) is 6. The van der Waals surface area contributed by atoms with Crippen LogP contribution in [0.3, 0.4) is 0 Å². The molecule has 8 nitrogen and oxygen atoms in total. The molecule has 0 radical (unpaired) electrons. The molecule has 2 aromatic heterocycles. The van der Waals surface area contributed by atoms with Crippen molar-refractivity contribution in [3.8, 4) is 11.5 Å². The van der Waals surface area contributed by atoms with Crippen molar-refractivity contribution in [3.05, 3.63) is 60.2 Å². The molecule has 2 aliphatic rings. The average molecular weight is 404 g/mol. The highest BCUT2D eigenvalue weighted by molar-refractivity contribution is 5.53. The van der Waals surface area contributed by atoms with Crippen LogP contribution in [0.5, 0.6) is 11.5 Å². The summed E-state index contributed by atoms with van der Waals surface area (Å²) in [5, 5.41) is 21.4. The molecule has 2 fully saturated rings. The third-order valence-corrected chi connectivity index (χ3v) is 6.02. The first-order valence-corrected chi connectivity index (χ1v) is 10.4. The summed E-state index contributed by atoms with van der Waals surface area (Å²) >= 11 is 0. The molecule has 0 bridgehead atoms. The second-order valence-electron chi connectivity index (χ2n) is 7.77. The summed E-state index contributed by atoms with van der Waals surface area (Å²) in [6.45, 7) is 1.66. The van der Waals surface area contributed by atoms with E-state index in [1.54, 1.807) is 36.9 Å². The molecule has 2 aliphatic heterocycles. The van der Waals surface area contributed by atoms with Crippen LogP contribution in [0.2, 0.25) is 0 Å². The number of rotatable bonds is 4. The smallest absolute Gasteiger partial charge is 0.225 e. The van der Waals surface area contributed by atoms with E-state index >= 15 is 0 Å². The maximum atomic E-state index is 10.7. The summed E-state index contributed by atoms with van der Waals surface area (Å²) < 4.78 is 0. The molecule has 5 rings (SSSR count). The van der Waals surface area contributed by atoms with Crippen LogP contribution in [0.15, 0.2) is 49.1 Å². The molecule has 8 heteroatoms. The lowest BCUT2D eigenvalue weighted by Crippen LogP contribution is -2.26. The van der Waals surface area contributed by atoms with E-state index in [2.05, 4.69) is 29.7 Å². The third kappa shape index (κ3) is 3.28. The molecule has 1 aromatic carbocycles. The van der Waals surface area contributed by atoms with E-state index in [4.69, 9.17) is 0 Å². The van der Waals surface area contributed by atoms with E-state index in [1.165, 1.54) is 6.07 Å². The van der Waals surface area contributed by atoms with E-state index in [9.17, 15) is 10.2 Å². The molecule has 2 saturated heterocycles. The van der Waals surface area contributed by atoms with Gasteiger partial charge in [0.25, 0.3) is 0 Å². The molecular formula is C22H24N6O2. The van der Waals surface area contributed by atoms with Crippen molar-refractivity contribution in [3.63, 3.8) is 0 Å². The number of anilines is 2. The molecule has 0 amide bonds. The van der Waals surface area contributed by atoms with Crippen molar-refractivity contribution in [1.82, 2.24) is 19.9 Å². The zero-order chi connectivity index (χ0) is 20.5. The fraction of sp³-hybridized carbons (Fsp3) is 0.364. The Morgan fingerprint density at radius 2 is 1.10 bits per heavy atom. The first kappa shape index (κ1) is 18.6. The minimum atomic E-state index is -0.0328. The Hall–Kier alpha value is -3.42. The Morgan fingerprint density at radius 1 is 0.667 bits per heavy atom. The first-order chi connectivity index (χ1) is 14.7. The quantitative estimate of drug-likeness (QED) is 0.683. The summed E-state index contributed by atoms with van der Waals surface area (Å²) in [5.74, 6) is 1.53. The Kier molecular flexibility index (Phi) is 4.82. The molecule has 4 heterocycles. The maximum Gasteiger partial charge on any atom is 0.225 e. The molecule has 154 valence electrons. The van der Waals surface area contributed by atoms with Gasteiger partial charge in [0.05, 0.1) is 12.1 Å². The van der Waals surface area contributed by atoms with E-state index in [0.29, 0.717) is 11.9 Å². The number of phenols is 2. The fourth-order valence-electron chi connectivity index (χ4n) is 4.68. The standard InChI is InChI=1S/C22H24N6O2/c29-19-14-20(30)16(18-6-2-12-28(18)22-25-9-4-10-26-22)13-15(19)17-5-1-11-27(17)21-23-7-3-8-24-21/h3-4,7-10,13-14,17-18,29-30H,1-2,5-6,11-12H2.